The van der Waals surface area contributed by atoms with Crippen LogP contribution in [-0.4, -0.2) is 40.2 Å². The van der Waals surface area contributed by atoms with Crippen molar-refractivity contribution in [2.24, 2.45) is 0 Å². The Bertz CT molecular complexity index is 507. The summed E-state index contributed by atoms with van der Waals surface area (Å²) in [5.41, 5.74) is 0.203. The van der Waals surface area contributed by atoms with Gasteiger partial charge in [0.25, 0.3) is 5.69 Å². The maximum absolute atomic E-state index is 12.0. The van der Waals surface area contributed by atoms with Crippen molar-refractivity contribution in [2.45, 2.75) is 19.9 Å². The molecule has 0 saturated heterocycles. The molecule has 0 aliphatic rings. The van der Waals surface area contributed by atoms with Crippen LogP contribution < -0.4 is 5.32 Å². The van der Waals surface area contributed by atoms with Crippen LogP contribution in [0.25, 0.3) is 0 Å². The quantitative estimate of drug-likeness (QED) is 0.633. The van der Waals surface area contributed by atoms with Crippen molar-refractivity contribution in [3.05, 3.63) is 32.8 Å². The molecule has 2 N–H and O–H groups in total. The zero-order chi connectivity index (χ0) is 15.3. The van der Waals surface area contributed by atoms with E-state index in [1.54, 1.807) is 6.07 Å². The van der Waals surface area contributed by atoms with E-state index in [9.17, 15) is 14.9 Å². The fourth-order valence-corrected chi connectivity index (χ4v) is 2.02. The van der Waals surface area contributed by atoms with Gasteiger partial charge in [-0.2, -0.15) is 0 Å². The highest BCUT2D eigenvalue weighted by Gasteiger charge is 2.18. The van der Waals surface area contributed by atoms with E-state index in [1.807, 2.05) is 13.8 Å². The molecular weight excluding hydrogens is 330 g/mol. The summed E-state index contributed by atoms with van der Waals surface area (Å²) >= 11 is 3.08. The monoisotopic (exact) mass is 345 g/mol. The Morgan fingerprint density at radius 1 is 1.55 bits per heavy atom. The SMILES string of the molecule is CC(C)N(CCO)C(=O)Nc1ccc(Br)c([N+](=O)[O-])c1. The highest BCUT2D eigenvalue weighted by atomic mass is 79.9. The van der Waals surface area contributed by atoms with Gasteiger partial charge in [-0.05, 0) is 41.9 Å². The van der Waals surface area contributed by atoms with Gasteiger partial charge in [-0.3, -0.25) is 10.1 Å². The second-order valence-electron chi connectivity index (χ2n) is 4.36. The lowest BCUT2D eigenvalue weighted by Crippen LogP contribution is -2.41. The van der Waals surface area contributed by atoms with Gasteiger partial charge < -0.3 is 15.3 Å². The average Bonchev–Trinajstić information content (AvgIpc) is 2.37. The smallest absolute Gasteiger partial charge is 0.322 e. The van der Waals surface area contributed by atoms with Gasteiger partial charge in [-0.15, -0.1) is 0 Å². The van der Waals surface area contributed by atoms with E-state index in [0.717, 1.165) is 0 Å². The summed E-state index contributed by atoms with van der Waals surface area (Å²) < 4.78 is 0.344. The fourth-order valence-electron chi connectivity index (χ4n) is 1.63. The Morgan fingerprint density at radius 2 is 2.20 bits per heavy atom. The Balaban J connectivity index is 2.89. The number of rotatable bonds is 5. The Hall–Kier alpha value is -1.67. The largest absolute Gasteiger partial charge is 0.395 e. The summed E-state index contributed by atoms with van der Waals surface area (Å²) in [4.78, 5) is 23.8. The lowest BCUT2D eigenvalue weighted by atomic mass is 10.3. The molecule has 20 heavy (non-hydrogen) atoms. The van der Waals surface area contributed by atoms with E-state index >= 15 is 0 Å². The molecule has 0 unspecified atom stereocenters. The summed E-state index contributed by atoms with van der Waals surface area (Å²) in [7, 11) is 0. The van der Waals surface area contributed by atoms with Gasteiger partial charge in [0.1, 0.15) is 0 Å². The van der Waals surface area contributed by atoms with E-state index in [2.05, 4.69) is 21.2 Å². The van der Waals surface area contributed by atoms with Gasteiger partial charge in [0.2, 0.25) is 0 Å². The Morgan fingerprint density at radius 3 is 2.70 bits per heavy atom. The standard InChI is InChI=1S/C12H16BrN3O4/c1-8(2)15(5-6-17)12(18)14-9-3-4-10(13)11(7-9)16(19)20/h3-4,7-8,17H,5-6H2,1-2H3,(H,14,18). The van der Waals surface area contributed by atoms with Crippen LogP contribution in [-0.2, 0) is 0 Å². The van der Waals surface area contributed by atoms with Crippen molar-refractivity contribution in [3.63, 3.8) is 0 Å². The molecule has 0 aromatic heterocycles. The number of nitrogens with zero attached hydrogens (tertiary/aromatic N) is 2. The van der Waals surface area contributed by atoms with Crippen LogP contribution in [0.3, 0.4) is 0 Å². The molecule has 0 spiro atoms. The van der Waals surface area contributed by atoms with Crippen LogP contribution >= 0.6 is 15.9 Å². The van der Waals surface area contributed by atoms with E-state index in [0.29, 0.717) is 10.2 Å². The first-order valence-corrected chi connectivity index (χ1v) is 6.78. The van der Waals surface area contributed by atoms with Gasteiger partial charge in [-0.25, -0.2) is 4.79 Å². The topological polar surface area (TPSA) is 95.7 Å². The number of benzene rings is 1. The molecule has 1 rings (SSSR count). The first-order valence-electron chi connectivity index (χ1n) is 5.99. The number of nitro benzene ring substituents is 1. The molecule has 0 heterocycles. The molecule has 0 saturated carbocycles. The summed E-state index contributed by atoms with van der Waals surface area (Å²) in [5.74, 6) is 0. The second-order valence-corrected chi connectivity index (χ2v) is 5.22. The van der Waals surface area contributed by atoms with Crippen LogP contribution in [0.2, 0.25) is 0 Å². The van der Waals surface area contributed by atoms with Crippen LogP contribution in [0.15, 0.2) is 22.7 Å². The van der Waals surface area contributed by atoms with Crippen molar-refractivity contribution < 1.29 is 14.8 Å². The lowest BCUT2D eigenvalue weighted by molar-refractivity contribution is -0.385. The third-order valence-electron chi connectivity index (χ3n) is 2.62. The molecule has 0 radical (unpaired) electrons. The normalized spacial score (nSPS) is 10.4. The minimum Gasteiger partial charge on any atom is -0.395 e. The Labute approximate surface area is 124 Å². The molecule has 0 fully saturated rings. The zero-order valence-electron chi connectivity index (χ0n) is 11.2. The molecule has 8 heteroatoms. The average molecular weight is 346 g/mol. The predicted molar refractivity (Wildman–Crippen MR) is 78.7 cm³/mol. The van der Waals surface area contributed by atoms with E-state index < -0.39 is 11.0 Å². The first-order chi connectivity index (χ1) is 9.36. The molecule has 0 aliphatic heterocycles. The molecule has 1 aromatic carbocycles. The van der Waals surface area contributed by atoms with Crippen molar-refractivity contribution in [1.82, 2.24) is 4.90 Å². The molecule has 0 atom stereocenters. The van der Waals surface area contributed by atoms with Crippen molar-refractivity contribution in [2.75, 3.05) is 18.5 Å². The number of hydrogen-bond donors (Lipinski definition) is 2. The van der Waals surface area contributed by atoms with Gasteiger partial charge in [0.05, 0.1) is 16.0 Å². The number of amides is 2. The molecule has 110 valence electrons. The van der Waals surface area contributed by atoms with Crippen LogP contribution in [0.5, 0.6) is 0 Å². The van der Waals surface area contributed by atoms with Gasteiger partial charge in [0.15, 0.2) is 0 Å². The molecule has 1 aromatic rings. The highest BCUT2D eigenvalue weighted by Crippen LogP contribution is 2.27. The number of nitro groups is 1. The molecule has 7 nitrogen and oxygen atoms in total. The lowest BCUT2D eigenvalue weighted by Gasteiger charge is -2.26. The fraction of sp³-hybridized carbons (Fsp3) is 0.417. The third-order valence-corrected chi connectivity index (χ3v) is 3.29. The number of anilines is 1. The van der Waals surface area contributed by atoms with E-state index in [-0.39, 0.29) is 24.9 Å². The van der Waals surface area contributed by atoms with Crippen LogP contribution in [0.4, 0.5) is 16.2 Å². The van der Waals surface area contributed by atoms with Crippen molar-refractivity contribution in [1.29, 1.82) is 0 Å². The number of hydrogen-bond acceptors (Lipinski definition) is 4. The number of carbonyl (C=O) groups is 1. The van der Waals surface area contributed by atoms with Crippen LogP contribution in [0.1, 0.15) is 13.8 Å². The number of urea groups is 1. The number of aliphatic hydroxyl groups excluding tert-OH is 1. The van der Waals surface area contributed by atoms with Gasteiger partial charge in [-0.1, -0.05) is 0 Å². The second kappa shape index (κ2) is 7.20. The maximum atomic E-state index is 12.0. The molecule has 0 bridgehead atoms. The number of carbonyl (C=O) groups excluding carboxylic acids is 1. The number of aliphatic hydroxyl groups is 1. The van der Waals surface area contributed by atoms with Gasteiger partial charge >= 0.3 is 6.03 Å². The zero-order valence-corrected chi connectivity index (χ0v) is 12.8. The molecular formula is C12H16BrN3O4. The number of halogens is 1. The maximum Gasteiger partial charge on any atom is 0.322 e. The predicted octanol–water partition coefficient (Wildman–Crippen LogP) is 2.59. The van der Waals surface area contributed by atoms with Crippen LogP contribution in [0, 0.1) is 10.1 Å². The summed E-state index contributed by atoms with van der Waals surface area (Å²) in [6, 6.07) is 3.84. The third kappa shape index (κ3) is 4.17. The van der Waals surface area contributed by atoms with E-state index in [1.165, 1.54) is 17.0 Å². The minimum absolute atomic E-state index is 0.0902. The molecule has 2 amide bonds. The summed E-state index contributed by atoms with van der Waals surface area (Å²) in [5, 5.41) is 22.3. The van der Waals surface area contributed by atoms with Crippen molar-refractivity contribution in [3.8, 4) is 0 Å². The number of nitrogens with one attached hydrogen (secondary N) is 1. The summed E-state index contributed by atoms with van der Waals surface area (Å²) in [6.07, 6.45) is 0. The van der Waals surface area contributed by atoms with E-state index in [4.69, 9.17) is 5.11 Å². The van der Waals surface area contributed by atoms with Crippen molar-refractivity contribution >= 4 is 33.3 Å². The van der Waals surface area contributed by atoms with Gasteiger partial charge in [0, 0.05) is 24.3 Å². The minimum atomic E-state index is -0.534. The highest BCUT2D eigenvalue weighted by molar-refractivity contribution is 9.10. The summed E-state index contributed by atoms with van der Waals surface area (Å²) in [6.45, 7) is 3.69. The molecule has 0 aliphatic carbocycles. The Kier molecular flexibility index (Phi) is 5.90. The first kappa shape index (κ1) is 16.4.